The van der Waals surface area contributed by atoms with Gasteiger partial charge in [0.05, 0.1) is 23.9 Å². The van der Waals surface area contributed by atoms with Crippen LogP contribution >= 0.6 is 11.3 Å². The molecule has 0 radical (unpaired) electrons. The number of thiazole rings is 1. The molecule has 7 nitrogen and oxygen atoms in total. The molecule has 5 aromatic rings. The summed E-state index contributed by atoms with van der Waals surface area (Å²) < 4.78 is 13.9. The molecule has 0 aliphatic carbocycles. The van der Waals surface area contributed by atoms with E-state index in [0.717, 1.165) is 21.7 Å². The smallest absolute Gasteiger partial charge is 0.260 e. The first kappa shape index (κ1) is 21.7. The van der Waals surface area contributed by atoms with Gasteiger partial charge in [0.2, 0.25) is 0 Å². The Kier molecular flexibility index (Phi) is 6.22. The van der Waals surface area contributed by atoms with Crippen LogP contribution in [0.1, 0.15) is 10.4 Å². The van der Waals surface area contributed by atoms with Gasteiger partial charge in [0.25, 0.3) is 5.91 Å². The van der Waals surface area contributed by atoms with E-state index in [0.29, 0.717) is 29.5 Å². The van der Waals surface area contributed by atoms with Gasteiger partial charge in [-0.1, -0.05) is 29.5 Å². The highest BCUT2D eigenvalue weighted by Crippen LogP contribution is 2.32. The van der Waals surface area contributed by atoms with Gasteiger partial charge in [-0.05, 0) is 60.7 Å². The summed E-state index contributed by atoms with van der Waals surface area (Å²) in [6.07, 6.45) is 3.60. The number of nitrogens with zero attached hydrogens (tertiary/aromatic N) is 4. The van der Waals surface area contributed by atoms with Crippen LogP contribution in [0.5, 0.6) is 17.2 Å². The summed E-state index contributed by atoms with van der Waals surface area (Å²) in [6, 6.07) is 24.3. The number of rotatable bonds is 8. The van der Waals surface area contributed by atoms with Crippen LogP contribution in [0.15, 0.2) is 91.3 Å². The molecule has 2 heterocycles. The fourth-order valence-electron chi connectivity index (χ4n) is 3.50. The number of amides is 1. The number of hydrogen-bond acceptors (Lipinski definition) is 6. The Hall–Kier alpha value is -4.17. The maximum absolute atomic E-state index is 13.6. The van der Waals surface area contributed by atoms with E-state index in [9.17, 15) is 4.79 Å². The molecule has 0 atom stereocenters. The highest BCUT2D eigenvalue weighted by Gasteiger charge is 2.22. The summed E-state index contributed by atoms with van der Waals surface area (Å²) in [5.41, 5.74) is 1.38. The van der Waals surface area contributed by atoms with Gasteiger partial charge in [0, 0.05) is 24.5 Å². The van der Waals surface area contributed by atoms with Gasteiger partial charge in [0.15, 0.2) is 5.13 Å². The summed E-state index contributed by atoms with van der Waals surface area (Å²) >= 11 is 1.46. The van der Waals surface area contributed by atoms with Gasteiger partial charge < -0.3 is 9.47 Å². The third-order valence-electron chi connectivity index (χ3n) is 5.25. The van der Waals surface area contributed by atoms with Gasteiger partial charge in [0.1, 0.15) is 17.2 Å². The zero-order valence-electron chi connectivity index (χ0n) is 18.5. The number of ether oxygens (including phenoxy) is 2. The van der Waals surface area contributed by atoms with Crippen LogP contribution in [-0.2, 0) is 6.54 Å². The molecule has 0 fully saturated rings. The summed E-state index contributed by atoms with van der Waals surface area (Å²) in [6.45, 7) is 0.979. The van der Waals surface area contributed by atoms with Crippen LogP contribution in [-0.4, -0.2) is 34.3 Å². The molecule has 0 N–H and O–H groups in total. The van der Waals surface area contributed by atoms with Crippen molar-refractivity contribution in [3.8, 4) is 17.2 Å². The Morgan fingerprint density at radius 3 is 2.47 bits per heavy atom. The molecule has 0 saturated carbocycles. The van der Waals surface area contributed by atoms with E-state index >= 15 is 0 Å². The second-order valence-electron chi connectivity index (χ2n) is 7.50. The van der Waals surface area contributed by atoms with Crippen LogP contribution in [0.3, 0.4) is 0 Å². The van der Waals surface area contributed by atoms with E-state index < -0.39 is 0 Å². The maximum atomic E-state index is 13.6. The van der Waals surface area contributed by atoms with Crippen molar-refractivity contribution in [1.29, 1.82) is 0 Å². The lowest BCUT2D eigenvalue weighted by molar-refractivity contribution is 0.0986. The fraction of sp³-hybridized carbons (Fsp3) is 0.115. The second-order valence-corrected chi connectivity index (χ2v) is 8.50. The van der Waals surface area contributed by atoms with Crippen LogP contribution in [0.25, 0.3) is 10.2 Å². The van der Waals surface area contributed by atoms with Crippen molar-refractivity contribution < 1.29 is 14.3 Å². The van der Waals surface area contributed by atoms with Crippen molar-refractivity contribution in [2.45, 2.75) is 6.54 Å². The highest BCUT2D eigenvalue weighted by atomic mass is 32.1. The van der Waals surface area contributed by atoms with Gasteiger partial charge in [-0.3, -0.25) is 14.4 Å². The molecule has 0 aliphatic rings. The van der Waals surface area contributed by atoms with Crippen molar-refractivity contribution in [3.63, 3.8) is 0 Å². The normalized spacial score (nSPS) is 10.9. The van der Waals surface area contributed by atoms with Crippen LogP contribution in [0.4, 0.5) is 5.13 Å². The number of methoxy groups -OCH3 is 1. The molecular weight excluding hydrogens is 448 g/mol. The Balaban J connectivity index is 1.41. The SMILES string of the molecule is COc1ccc2nc(N(CCn3cccn3)C(=O)c3ccc(Oc4ccccc4)cc3)sc2c1. The van der Waals surface area contributed by atoms with Gasteiger partial charge in [-0.15, -0.1) is 0 Å². The first-order valence-electron chi connectivity index (χ1n) is 10.8. The lowest BCUT2D eigenvalue weighted by Crippen LogP contribution is -2.34. The van der Waals surface area contributed by atoms with Crippen LogP contribution in [0.2, 0.25) is 0 Å². The number of fused-ring (bicyclic) bond motifs is 1. The number of carbonyl (C=O) groups excluding carboxylic acids is 1. The molecule has 0 unspecified atom stereocenters. The predicted octanol–water partition coefficient (Wildman–Crippen LogP) is 5.64. The molecular formula is C26H22N4O3S. The van der Waals surface area contributed by atoms with Crippen molar-refractivity contribution in [2.75, 3.05) is 18.6 Å². The largest absolute Gasteiger partial charge is 0.497 e. The lowest BCUT2D eigenvalue weighted by Gasteiger charge is -2.20. The molecule has 5 rings (SSSR count). The first-order chi connectivity index (χ1) is 16.7. The van der Waals surface area contributed by atoms with E-state index in [1.54, 1.807) is 47.2 Å². The van der Waals surface area contributed by atoms with E-state index in [1.165, 1.54) is 11.3 Å². The monoisotopic (exact) mass is 470 g/mol. The number of hydrogen-bond donors (Lipinski definition) is 0. The Morgan fingerprint density at radius 1 is 0.971 bits per heavy atom. The molecule has 8 heteroatoms. The number of carbonyl (C=O) groups is 1. The van der Waals surface area contributed by atoms with Crippen molar-refractivity contribution in [3.05, 3.63) is 96.8 Å². The van der Waals surface area contributed by atoms with Crippen LogP contribution in [0, 0.1) is 0 Å². The Morgan fingerprint density at radius 2 is 1.74 bits per heavy atom. The fourth-order valence-corrected chi connectivity index (χ4v) is 4.52. The quantitative estimate of drug-likeness (QED) is 0.294. The number of para-hydroxylation sites is 1. The standard InChI is InChI=1S/C26H22N4O3S/c1-32-22-12-13-23-24(18-22)34-26(28-23)30(17-16-29-15-5-14-27-29)25(31)19-8-10-21(11-9-19)33-20-6-3-2-4-7-20/h2-15,18H,16-17H2,1H3. The third kappa shape index (κ3) is 4.77. The maximum Gasteiger partial charge on any atom is 0.260 e. The zero-order valence-corrected chi connectivity index (χ0v) is 19.3. The molecule has 170 valence electrons. The molecule has 1 amide bonds. The van der Waals surface area contributed by atoms with Crippen molar-refractivity contribution in [1.82, 2.24) is 14.8 Å². The molecule has 0 saturated heterocycles. The Bertz CT molecular complexity index is 1380. The summed E-state index contributed by atoms with van der Waals surface area (Å²) in [5.74, 6) is 2.03. The average Bonchev–Trinajstić information content (AvgIpc) is 3.54. The number of aromatic nitrogens is 3. The van der Waals surface area contributed by atoms with E-state index in [4.69, 9.17) is 14.5 Å². The van der Waals surface area contributed by atoms with E-state index in [-0.39, 0.29) is 5.91 Å². The average molecular weight is 471 g/mol. The minimum atomic E-state index is -0.135. The summed E-state index contributed by atoms with van der Waals surface area (Å²) in [5, 5.41) is 4.89. The molecule has 2 aromatic heterocycles. The minimum absolute atomic E-state index is 0.135. The van der Waals surface area contributed by atoms with Gasteiger partial charge >= 0.3 is 0 Å². The highest BCUT2D eigenvalue weighted by molar-refractivity contribution is 7.22. The van der Waals surface area contributed by atoms with E-state index in [1.807, 2.05) is 60.8 Å². The molecule has 34 heavy (non-hydrogen) atoms. The van der Waals surface area contributed by atoms with Gasteiger partial charge in [-0.25, -0.2) is 4.98 Å². The molecule has 3 aromatic carbocycles. The molecule has 0 bridgehead atoms. The van der Waals surface area contributed by atoms with Gasteiger partial charge in [-0.2, -0.15) is 5.10 Å². The molecule has 0 spiro atoms. The third-order valence-corrected chi connectivity index (χ3v) is 6.29. The van der Waals surface area contributed by atoms with Crippen LogP contribution < -0.4 is 14.4 Å². The lowest BCUT2D eigenvalue weighted by atomic mass is 10.2. The summed E-state index contributed by atoms with van der Waals surface area (Å²) in [7, 11) is 1.63. The van der Waals surface area contributed by atoms with E-state index in [2.05, 4.69) is 5.10 Å². The predicted molar refractivity (Wildman–Crippen MR) is 133 cm³/mol. The van der Waals surface area contributed by atoms with Crippen molar-refractivity contribution in [2.24, 2.45) is 0 Å². The Labute approximate surface area is 200 Å². The number of anilines is 1. The summed E-state index contributed by atoms with van der Waals surface area (Å²) in [4.78, 5) is 20.0. The topological polar surface area (TPSA) is 69.5 Å². The minimum Gasteiger partial charge on any atom is -0.497 e. The number of benzene rings is 3. The van der Waals surface area contributed by atoms with Crippen molar-refractivity contribution >= 4 is 32.6 Å². The second kappa shape index (κ2) is 9.76. The zero-order chi connectivity index (χ0) is 23.3. The first-order valence-corrected chi connectivity index (χ1v) is 11.6. The molecule has 0 aliphatic heterocycles.